The minimum absolute atomic E-state index is 0.0340. The van der Waals surface area contributed by atoms with Gasteiger partial charge in [-0.05, 0) is 31.0 Å². The number of ether oxygens (including phenoxy) is 1. The summed E-state index contributed by atoms with van der Waals surface area (Å²) in [5.41, 5.74) is 5.35. The van der Waals surface area contributed by atoms with Crippen molar-refractivity contribution in [2.75, 3.05) is 12.3 Å². The van der Waals surface area contributed by atoms with Gasteiger partial charge in [-0.3, -0.25) is 9.20 Å². The third kappa shape index (κ3) is 3.19. The zero-order chi connectivity index (χ0) is 24.6. The SMILES string of the molecule is Nc1nc2cc(F)c(C(=O)N3CCC[C@@H]4Oc5cc(C(F)(F)F)ccc5[C@@H]43)cc2n2c(F)ncc12. The van der Waals surface area contributed by atoms with E-state index in [4.69, 9.17) is 10.5 Å². The molecule has 1 saturated heterocycles. The first-order valence-electron chi connectivity index (χ1n) is 10.7. The smallest absolute Gasteiger partial charge is 0.416 e. The fourth-order valence-corrected chi connectivity index (χ4v) is 4.96. The predicted molar refractivity (Wildman–Crippen MR) is 114 cm³/mol. The number of nitrogen functional groups attached to an aromatic ring is 1. The van der Waals surface area contributed by atoms with Crippen molar-refractivity contribution in [1.29, 1.82) is 0 Å². The fourth-order valence-electron chi connectivity index (χ4n) is 4.96. The number of imidazole rings is 1. The molecule has 0 aliphatic carbocycles. The normalized spacial score (nSPS) is 19.6. The van der Waals surface area contributed by atoms with Crippen LogP contribution in [0.4, 0.5) is 27.8 Å². The number of hydrogen-bond donors (Lipinski definition) is 1. The molecule has 2 atom stereocenters. The number of carbonyl (C=O) groups is 1. The molecule has 0 saturated carbocycles. The molecule has 2 N–H and O–H groups in total. The maximum absolute atomic E-state index is 15.1. The summed E-state index contributed by atoms with van der Waals surface area (Å²) < 4.78 is 75.8. The number of anilines is 1. The Morgan fingerprint density at radius 2 is 1.94 bits per heavy atom. The van der Waals surface area contributed by atoms with Crippen molar-refractivity contribution in [2.45, 2.75) is 31.2 Å². The second-order valence-electron chi connectivity index (χ2n) is 8.56. The first-order valence-corrected chi connectivity index (χ1v) is 10.7. The highest BCUT2D eigenvalue weighted by molar-refractivity contribution is 5.99. The Bertz CT molecular complexity index is 1530. The van der Waals surface area contributed by atoms with Gasteiger partial charge in [-0.15, -0.1) is 0 Å². The van der Waals surface area contributed by atoms with Crippen molar-refractivity contribution < 1.29 is 31.5 Å². The third-order valence-corrected chi connectivity index (χ3v) is 6.53. The molecule has 1 amide bonds. The zero-order valence-electron chi connectivity index (χ0n) is 17.8. The highest BCUT2D eigenvalue weighted by atomic mass is 19.4. The van der Waals surface area contributed by atoms with Crippen LogP contribution in [0.25, 0.3) is 16.6 Å². The standard InChI is InChI=1S/C23H16F5N5O2/c24-13-8-14-15(33-16(20(29)31-14)9-30-22(33)25)7-12(13)21(34)32-5-1-2-17-19(32)11-4-3-10(23(26,27)28)6-18(11)35-17/h3-4,6-9,17,19H,1-2,5H2,(H2,29,31)/t17-,19-/m0/s1. The Morgan fingerprint density at radius 3 is 2.71 bits per heavy atom. The number of aromatic nitrogens is 3. The number of amides is 1. The molecule has 0 spiro atoms. The average molecular weight is 489 g/mol. The van der Waals surface area contributed by atoms with Gasteiger partial charge in [-0.25, -0.2) is 14.4 Å². The van der Waals surface area contributed by atoms with Gasteiger partial charge in [0.2, 0.25) is 0 Å². The van der Waals surface area contributed by atoms with E-state index < -0.39 is 41.7 Å². The molecule has 1 fully saturated rings. The van der Waals surface area contributed by atoms with E-state index in [1.807, 2.05) is 0 Å². The van der Waals surface area contributed by atoms with Crippen molar-refractivity contribution in [1.82, 2.24) is 19.3 Å². The topological polar surface area (TPSA) is 85.8 Å². The van der Waals surface area contributed by atoms with Crippen LogP contribution in [0.2, 0.25) is 0 Å². The van der Waals surface area contributed by atoms with Crippen LogP contribution in [0.3, 0.4) is 0 Å². The highest BCUT2D eigenvalue weighted by Crippen LogP contribution is 2.47. The van der Waals surface area contributed by atoms with E-state index in [9.17, 15) is 22.4 Å². The minimum atomic E-state index is -4.54. The molecule has 12 heteroatoms. The summed E-state index contributed by atoms with van der Waals surface area (Å²) >= 11 is 0. The molecule has 6 rings (SSSR count). The summed E-state index contributed by atoms with van der Waals surface area (Å²) in [5.74, 6) is -1.58. The number of rotatable bonds is 1. The molecule has 4 aromatic rings. The molecule has 2 aromatic heterocycles. The van der Waals surface area contributed by atoms with Crippen molar-refractivity contribution >= 4 is 28.3 Å². The summed E-state index contributed by atoms with van der Waals surface area (Å²) in [4.78, 5) is 22.6. The lowest BCUT2D eigenvalue weighted by Gasteiger charge is -2.36. The monoisotopic (exact) mass is 489 g/mol. The molecule has 180 valence electrons. The molecule has 4 heterocycles. The van der Waals surface area contributed by atoms with Crippen molar-refractivity contribution in [3.8, 4) is 5.75 Å². The molecule has 0 unspecified atom stereocenters. The molecule has 2 aliphatic rings. The van der Waals surface area contributed by atoms with E-state index in [0.717, 1.165) is 22.6 Å². The number of hydrogen-bond acceptors (Lipinski definition) is 5. The number of benzene rings is 2. The summed E-state index contributed by atoms with van der Waals surface area (Å²) in [7, 11) is 0. The Morgan fingerprint density at radius 1 is 1.14 bits per heavy atom. The van der Waals surface area contributed by atoms with Crippen LogP contribution >= 0.6 is 0 Å². The second-order valence-corrected chi connectivity index (χ2v) is 8.56. The first kappa shape index (κ1) is 21.6. The van der Waals surface area contributed by atoms with Gasteiger partial charge in [0.05, 0.1) is 34.4 Å². The van der Waals surface area contributed by atoms with E-state index in [-0.39, 0.29) is 40.2 Å². The van der Waals surface area contributed by atoms with Crippen LogP contribution in [0, 0.1) is 11.9 Å². The van der Waals surface area contributed by atoms with Crippen LogP contribution in [0.15, 0.2) is 36.5 Å². The van der Waals surface area contributed by atoms with Crippen LogP contribution in [0.5, 0.6) is 5.75 Å². The lowest BCUT2D eigenvalue weighted by Crippen LogP contribution is -2.44. The summed E-state index contributed by atoms with van der Waals surface area (Å²) in [6, 6.07) is 4.65. The van der Waals surface area contributed by atoms with E-state index >= 15 is 4.39 Å². The number of alkyl halides is 3. The van der Waals surface area contributed by atoms with E-state index in [1.54, 1.807) is 0 Å². The summed E-state index contributed by atoms with van der Waals surface area (Å²) in [6.45, 7) is 0.246. The lowest BCUT2D eigenvalue weighted by atomic mass is 9.93. The Kier molecular flexibility index (Phi) is 4.48. The molecule has 2 aliphatic heterocycles. The van der Waals surface area contributed by atoms with Crippen LogP contribution in [-0.4, -0.2) is 37.8 Å². The van der Waals surface area contributed by atoms with E-state index in [0.29, 0.717) is 18.4 Å². The van der Waals surface area contributed by atoms with Crippen molar-refractivity contribution in [2.24, 2.45) is 0 Å². The van der Waals surface area contributed by atoms with Gasteiger partial charge < -0.3 is 15.4 Å². The van der Waals surface area contributed by atoms with Gasteiger partial charge >= 0.3 is 6.18 Å². The van der Waals surface area contributed by atoms with E-state index in [2.05, 4.69) is 9.97 Å². The fraction of sp³-hybridized carbons (Fsp3) is 0.261. The van der Waals surface area contributed by atoms with Gasteiger partial charge in [0.1, 0.15) is 29.0 Å². The van der Waals surface area contributed by atoms with Crippen molar-refractivity contribution in [3.05, 3.63) is 65.1 Å². The molecule has 0 radical (unpaired) electrons. The number of fused-ring (bicyclic) bond motifs is 6. The largest absolute Gasteiger partial charge is 0.488 e. The molecule has 7 nitrogen and oxygen atoms in total. The lowest BCUT2D eigenvalue weighted by molar-refractivity contribution is -0.137. The maximum atomic E-state index is 15.1. The van der Waals surface area contributed by atoms with Gasteiger partial charge in [0.25, 0.3) is 12.0 Å². The number of nitrogens with two attached hydrogens (primary N) is 1. The molecule has 35 heavy (non-hydrogen) atoms. The van der Waals surface area contributed by atoms with Crippen LogP contribution < -0.4 is 10.5 Å². The molecule has 2 aromatic carbocycles. The van der Waals surface area contributed by atoms with Gasteiger partial charge in [0, 0.05) is 18.2 Å². The maximum Gasteiger partial charge on any atom is 0.416 e. The summed E-state index contributed by atoms with van der Waals surface area (Å²) in [5, 5.41) is 0. The van der Waals surface area contributed by atoms with Crippen molar-refractivity contribution in [3.63, 3.8) is 0 Å². The minimum Gasteiger partial charge on any atom is -0.488 e. The Balaban J connectivity index is 1.44. The quantitative estimate of drug-likeness (QED) is 0.398. The molecule has 0 bridgehead atoms. The zero-order valence-corrected chi connectivity index (χ0v) is 17.8. The van der Waals surface area contributed by atoms with Gasteiger partial charge in [-0.1, -0.05) is 6.07 Å². The summed E-state index contributed by atoms with van der Waals surface area (Å²) in [6.07, 6.45) is -3.79. The van der Waals surface area contributed by atoms with E-state index in [1.165, 1.54) is 23.2 Å². The van der Waals surface area contributed by atoms with Crippen LogP contribution in [-0.2, 0) is 6.18 Å². The first-order chi connectivity index (χ1) is 16.6. The average Bonchev–Trinajstić information content (AvgIpc) is 3.38. The Hall–Kier alpha value is -3.96. The second kappa shape index (κ2) is 7.27. The highest BCUT2D eigenvalue weighted by Gasteiger charge is 2.44. The van der Waals surface area contributed by atoms with Gasteiger partial charge in [-0.2, -0.15) is 17.6 Å². The molecular formula is C23H16F5N5O2. The molecular weight excluding hydrogens is 473 g/mol. The third-order valence-electron chi connectivity index (χ3n) is 6.53. The van der Waals surface area contributed by atoms with Crippen LogP contribution in [0.1, 0.15) is 40.4 Å². The number of likely N-dealkylation sites (tertiary alicyclic amines) is 1. The number of halogens is 5. The Labute approximate surface area is 193 Å². The number of carbonyl (C=O) groups excluding carboxylic acids is 1. The number of nitrogens with zero attached hydrogens (tertiary/aromatic N) is 4. The van der Waals surface area contributed by atoms with Gasteiger partial charge in [0.15, 0.2) is 0 Å². The number of piperidine rings is 1. The predicted octanol–water partition coefficient (Wildman–Crippen LogP) is 4.50.